The lowest BCUT2D eigenvalue weighted by molar-refractivity contribution is 0.0170. The molecule has 1 saturated carbocycles. The van der Waals surface area contributed by atoms with Gasteiger partial charge in [-0.25, -0.2) is 0 Å². The number of hydrogen-bond acceptors (Lipinski definition) is 5. The number of methoxy groups -OCH3 is 1. The average Bonchev–Trinajstić information content (AvgIpc) is 3.57. The molecule has 0 bridgehead atoms. The Morgan fingerprint density at radius 1 is 1.19 bits per heavy atom. The molecule has 1 aliphatic heterocycles. The highest BCUT2D eigenvalue weighted by molar-refractivity contribution is 14.0. The van der Waals surface area contributed by atoms with Crippen molar-refractivity contribution in [2.45, 2.75) is 32.2 Å². The number of halogens is 1. The lowest BCUT2D eigenvalue weighted by atomic mass is 10.0. The van der Waals surface area contributed by atoms with Crippen LogP contribution in [0.2, 0.25) is 0 Å². The van der Waals surface area contributed by atoms with E-state index in [1.54, 1.807) is 7.11 Å². The fourth-order valence-electron chi connectivity index (χ4n) is 3.98. The Labute approximate surface area is 204 Å². The van der Waals surface area contributed by atoms with Gasteiger partial charge in [0.2, 0.25) is 0 Å². The number of rotatable bonds is 11. The maximum Gasteiger partial charge on any atom is 0.191 e. The van der Waals surface area contributed by atoms with Gasteiger partial charge in [0.15, 0.2) is 5.96 Å². The Bertz CT molecular complexity index is 661. The number of nitrogens with zero attached hydrogens (tertiary/aromatic N) is 2. The molecule has 2 fully saturated rings. The fraction of sp³-hybridized carbons (Fsp3) is 0.696. The molecule has 2 N–H and O–H groups in total. The second-order valence-corrected chi connectivity index (χ2v) is 8.19. The Morgan fingerprint density at radius 3 is 2.48 bits per heavy atom. The maximum atomic E-state index is 5.56. The quantitative estimate of drug-likeness (QED) is 0.193. The second kappa shape index (κ2) is 13.4. The van der Waals surface area contributed by atoms with Gasteiger partial charge in [-0.3, -0.25) is 9.89 Å². The number of morpholine rings is 1. The lowest BCUT2D eigenvalue weighted by Crippen LogP contribution is -2.47. The van der Waals surface area contributed by atoms with Gasteiger partial charge in [-0.15, -0.1) is 24.0 Å². The zero-order valence-electron chi connectivity index (χ0n) is 19.2. The summed E-state index contributed by atoms with van der Waals surface area (Å²) in [7, 11) is 3.54. The minimum Gasteiger partial charge on any atom is -0.497 e. The molecule has 1 aromatic carbocycles. The fourth-order valence-corrected chi connectivity index (χ4v) is 3.98. The molecule has 1 unspecified atom stereocenters. The summed E-state index contributed by atoms with van der Waals surface area (Å²) in [4.78, 5) is 6.94. The Hall–Kier alpha value is -1.10. The molecule has 1 heterocycles. The topological polar surface area (TPSA) is 67.3 Å². The molecule has 7 nitrogen and oxygen atoms in total. The summed E-state index contributed by atoms with van der Waals surface area (Å²) in [6, 6.07) is 8.63. The van der Waals surface area contributed by atoms with Gasteiger partial charge in [-0.1, -0.05) is 12.1 Å². The Morgan fingerprint density at radius 2 is 1.90 bits per heavy atom. The highest BCUT2D eigenvalue weighted by atomic mass is 127. The van der Waals surface area contributed by atoms with E-state index in [-0.39, 0.29) is 30.0 Å². The molecule has 0 aromatic heterocycles. The van der Waals surface area contributed by atoms with Crippen LogP contribution in [-0.2, 0) is 9.47 Å². The van der Waals surface area contributed by atoms with E-state index in [9.17, 15) is 0 Å². The van der Waals surface area contributed by atoms with Gasteiger partial charge in [0.1, 0.15) is 5.75 Å². The van der Waals surface area contributed by atoms with Crippen LogP contribution in [0.15, 0.2) is 29.3 Å². The third-order valence-corrected chi connectivity index (χ3v) is 6.24. The van der Waals surface area contributed by atoms with Crippen molar-refractivity contribution in [2.24, 2.45) is 10.4 Å². The first kappa shape index (κ1) is 26.2. The van der Waals surface area contributed by atoms with E-state index in [0.717, 1.165) is 70.7 Å². The van der Waals surface area contributed by atoms with Crippen molar-refractivity contribution in [2.75, 3.05) is 66.8 Å². The van der Waals surface area contributed by atoms with E-state index in [4.69, 9.17) is 14.2 Å². The normalized spacial score (nSPS) is 19.3. The largest absolute Gasteiger partial charge is 0.497 e. The monoisotopic (exact) mass is 546 g/mol. The molecule has 0 radical (unpaired) electrons. The van der Waals surface area contributed by atoms with E-state index in [1.165, 1.54) is 18.4 Å². The molecule has 176 valence electrons. The highest BCUT2D eigenvalue weighted by Crippen LogP contribution is 2.48. The number of hydrogen-bond donors (Lipinski definition) is 2. The smallest absolute Gasteiger partial charge is 0.191 e. The number of benzene rings is 1. The number of aliphatic imine (C=N–C) groups is 1. The van der Waals surface area contributed by atoms with E-state index in [1.807, 2.05) is 19.2 Å². The van der Waals surface area contributed by atoms with Crippen molar-refractivity contribution in [3.8, 4) is 5.75 Å². The molecule has 1 atom stereocenters. The first-order valence-electron chi connectivity index (χ1n) is 11.2. The van der Waals surface area contributed by atoms with Gasteiger partial charge in [0, 0.05) is 46.4 Å². The summed E-state index contributed by atoms with van der Waals surface area (Å²) in [5.74, 6) is 1.75. The molecule has 0 spiro atoms. The van der Waals surface area contributed by atoms with Crippen LogP contribution in [0.1, 0.15) is 37.8 Å². The summed E-state index contributed by atoms with van der Waals surface area (Å²) in [6.45, 7) is 8.86. The van der Waals surface area contributed by atoms with Crippen molar-refractivity contribution < 1.29 is 14.2 Å². The van der Waals surface area contributed by atoms with Crippen molar-refractivity contribution in [3.05, 3.63) is 29.8 Å². The van der Waals surface area contributed by atoms with Crippen molar-refractivity contribution in [1.29, 1.82) is 0 Å². The first-order chi connectivity index (χ1) is 14.7. The predicted octanol–water partition coefficient (Wildman–Crippen LogP) is 3.06. The number of nitrogens with one attached hydrogen (secondary N) is 2. The zero-order chi connectivity index (χ0) is 21.2. The summed E-state index contributed by atoms with van der Waals surface area (Å²) in [5.41, 5.74) is 1.66. The Kier molecular flexibility index (Phi) is 11.3. The third-order valence-electron chi connectivity index (χ3n) is 6.24. The van der Waals surface area contributed by atoms with Crippen LogP contribution in [0, 0.1) is 5.41 Å². The van der Waals surface area contributed by atoms with Crippen LogP contribution in [0.25, 0.3) is 0 Å². The summed E-state index contributed by atoms with van der Waals surface area (Å²) in [5, 5.41) is 7.10. The third kappa shape index (κ3) is 8.07. The van der Waals surface area contributed by atoms with Crippen LogP contribution in [0.4, 0.5) is 0 Å². The van der Waals surface area contributed by atoms with Crippen LogP contribution in [-0.4, -0.2) is 77.6 Å². The van der Waals surface area contributed by atoms with Crippen molar-refractivity contribution in [3.63, 3.8) is 0 Å². The predicted molar refractivity (Wildman–Crippen MR) is 136 cm³/mol. The van der Waals surface area contributed by atoms with Crippen LogP contribution in [0.3, 0.4) is 0 Å². The van der Waals surface area contributed by atoms with Crippen molar-refractivity contribution in [1.82, 2.24) is 15.5 Å². The van der Waals surface area contributed by atoms with Gasteiger partial charge in [0.05, 0.1) is 26.4 Å². The molecule has 8 heteroatoms. The van der Waals surface area contributed by atoms with Crippen LogP contribution < -0.4 is 15.4 Å². The SMILES string of the molecule is CCOCCC1(CNC(=NC)NCC(c2ccc(OC)cc2)N2CCOCC2)CC1.I. The molecule has 1 saturated heterocycles. The highest BCUT2D eigenvalue weighted by Gasteiger charge is 2.42. The molecule has 31 heavy (non-hydrogen) atoms. The standard InChI is InChI=1S/C23H38N4O3.HI/c1-4-29-14-11-23(9-10-23)18-26-22(24-2)25-17-21(27-12-15-30-16-13-27)19-5-7-20(28-3)8-6-19;/h5-8,21H,4,9-18H2,1-3H3,(H2,24,25,26);1H. The molecule has 3 rings (SSSR count). The van der Waals surface area contributed by atoms with Gasteiger partial charge in [-0.2, -0.15) is 0 Å². The van der Waals surface area contributed by atoms with E-state index < -0.39 is 0 Å². The molecule has 1 aromatic rings. The van der Waals surface area contributed by atoms with Crippen LogP contribution in [0.5, 0.6) is 5.75 Å². The first-order valence-corrected chi connectivity index (χ1v) is 11.2. The minimum absolute atomic E-state index is 0. The molecular formula is C23H39IN4O3. The summed E-state index contributed by atoms with van der Waals surface area (Å²) >= 11 is 0. The van der Waals surface area contributed by atoms with Gasteiger partial charge in [-0.05, 0) is 49.3 Å². The molecule has 0 amide bonds. The van der Waals surface area contributed by atoms with E-state index in [0.29, 0.717) is 5.41 Å². The number of guanidine groups is 1. The zero-order valence-corrected chi connectivity index (χ0v) is 21.5. The number of ether oxygens (including phenoxy) is 3. The van der Waals surface area contributed by atoms with Crippen LogP contribution >= 0.6 is 24.0 Å². The average molecular weight is 546 g/mol. The van der Waals surface area contributed by atoms with Gasteiger partial charge >= 0.3 is 0 Å². The summed E-state index contributed by atoms with van der Waals surface area (Å²) < 4.78 is 16.4. The van der Waals surface area contributed by atoms with E-state index in [2.05, 4.69) is 39.6 Å². The van der Waals surface area contributed by atoms with Gasteiger partial charge < -0.3 is 24.8 Å². The second-order valence-electron chi connectivity index (χ2n) is 8.19. The lowest BCUT2D eigenvalue weighted by Gasteiger charge is -2.35. The molecule has 1 aliphatic carbocycles. The molecule has 2 aliphatic rings. The van der Waals surface area contributed by atoms with E-state index >= 15 is 0 Å². The minimum atomic E-state index is 0. The van der Waals surface area contributed by atoms with Gasteiger partial charge in [0.25, 0.3) is 0 Å². The maximum absolute atomic E-state index is 5.56. The Balaban J connectivity index is 0.00000341. The summed E-state index contributed by atoms with van der Waals surface area (Å²) in [6.07, 6.45) is 3.66. The van der Waals surface area contributed by atoms with Crippen molar-refractivity contribution >= 4 is 29.9 Å². The molecular weight excluding hydrogens is 507 g/mol.